The van der Waals surface area contributed by atoms with Gasteiger partial charge in [0.2, 0.25) is 0 Å². The molecular weight excluding hydrogens is 199 g/mol. The van der Waals surface area contributed by atoms with Crippen LogP contribution in [0, 0.1) is 5.82 Å². The first-order valence-corrected chi connectivity index (χ1v) is 4.22. The van der Waals surface area contributed by atoms with Crippen LogP contribution in [0.3, 0.4) is 0 Å². The highest BCUT2D eigenvalue weighted by atomic mass is 19.1. The molecule has 0 aliphatic carbocycles. The Bertz CT molecular complexity index is 418. The van der Waals surface area contributed by atoms with Gasteiger partial charge in [0.25, 0.3) is 0 Å². The Kier molecular flexibility index (Phi) is 3.33. The maximum atomic E-state index is 12.5. The number of hydrogen-bond donors (Lipinski definition) is 1. The van der Waals surface area contributed by atoms with Crippen molar-refractivity contribution in [3.63, 3.8) is 0 Å². The molecule has 1 aromatic carbocycles. The highest BCUT2D eigenvalue weighted by molar-refractivity contribution is 6.10. The number of ketones is 1. The summed E-state index contributed by atoms with van der Waals surface area (Å²) in [5.74, 6) is -2.04. The Morgan fingerprint density at radius 3 is 2.27 bits per heavy atom. The molecule has 0 saturated heterocycles. The predicted molar refractivity (Wildman–Crippen MR) is 52.1 cm³/mol. The van der Waals surface area contributed by atoms with Crippen LogP contribution in [0.5, 0.6) is 0 Å². The second-order valence-corrected chi connectivity index (χ2v) is 3.00. The quantitative estimate of drug-likeness (QED) is 0.610. The Morgan fingerprint density at radius 2 is 1.80 bits per heavy atom. The zero-order valence-corrected chi connectivity index (χ0v) is 8.03. The van der Waals surface area contributed by atoms with E-state index in [1.54, 1.807) is 0 Å². The molecule has 15 heavy (non-hydrogen) atoms. The first-order valence-electron chi connectivity index (χ1n) is 4.22. The van der Waals surface area contributed by atoms with Crippen LogP contribution >= 0.6 is 0 Å². The van der Waals surface area contributed by atoms with E-state index in [0.717, 1.165) is 18.2 Å². The van der Waals surface area contributed by atoms with E-state index in [9.17, 15) is 14.0 Å². The summed E-state index contributed by atoms with van der Waals surface area (Å²) in [4.78, 5) is 21.8. The smallest absolute Gasteiger partial charge is 0.328 e. The normalized spacial score (nSPS) is 11.2. The summed E-state index contributed by atoms with van der Waals surface area (Å²) in [7, 11) is 0. The molecule has 4 heteroatoms. The molecule has 1 aromatic rings. The summed E-state index contributed by atoms with van der Waals surface area (Å²) in [6.45, 7) is 1.40. The van der Waals surface area contributed by atoms with E-state index in [1.807, 2.05) is 0 Å². The molecule has 0 spiro atoms. The van der Waals surface area contributed by atoms with Crippen molar-refractivity contribution in [3.8, 4) is 0 Å². The van der Waals surface area contributed by atoms with Crippen LogP contribution in [0.25, 0.3) is 0 Å². The first kappa shape index (κ1) is 11.1. The number of benzene rings is 1. The van der Waals surface area contributed by atoms with Gasteiger partial charge in [-0.25, -0.2) is 9.18 Å². The largest absolute Gasteiger partial charge is 0.478 e. The molecule has 1 N–H and O–H groups in total. The summed E-state index contributed by atoms with van der Waals surface area (Å²) in [5.41, 5.74) is 0.375. The van der Waals surface area contributed by atoms with Gasteiger partial charge < -0.3 is 5.11 Å². The monoisotopic (exact) mass is 208 g/mol. The van der Waals surface area contributed by atoms with Gasteiger partial charge in [0.15, 0.2) is 5.78 Å². The lowest BCUT2D eigenvalue weighted by molar-refractivity contribution is -0.131. The van der Waals surface area contributed by atoms with Gasteiger partial charge in [-0.05, 0) is 31.2 Å². The molecular formula is C11H9FO3. The van der Waals surface area contributed by atoms with Crippen molar-refractivity contribution < 1.29 is 19.1 Å². The van der Waals surface area contributed by atoms with Crippen LogP contribution in [0.1, 0.15) is 17.3 Å². The lowest BCUT2D eigenvalue weighted by Gasteiger charge is -1.99. The van der Waals surface area contributed by atoms with Gasteiger partial charge >= 0.3 is 5.97 Å². The molecule has 0 atom stereocenters. The second-order valence-electron chi connectivity index (χ2n) is 3.00. The summed E-state index contributed by atoms with van der Waals surface area (Å²) >= 11 is 0. The van der Waals surface area contributed by atoms with Crippen molar-refractivity contribution in [3.05, 3.63) is 47.3 Å². The second kappa shape index (κ2) is 4.50. The molecule has 0 aliphatic rings. The molecule has 3 nitrogen and oxygen atoms in total. The highest BCUT2D eigenvalue weighted by Crippen LogP contribution is 2.09. The van der Waals surface area contributed by atoms with Gasteiger partial charge in [0.05, 0.1) is 0 Å². The fourth-order valence-corrected chi connectivity index (χ4v) is 1.08. The van der Waals surface area contributed by atoms with E-state index in [0.29, 0.717) is 0 Å². The molecule has 0 saturated carbocycles. The third kappa shape index (κ3) is 3.02. The zero-order valence-electron chi connectivity index (χ0n) is 8.03. The maximum Gasteiger partial charge on any atom is 0.328 e. The van der Waals surface area contributed by atoms with Gasteiger partial charge in [-0.1, -0.05) is 0 Å². The number of allylic oxidation sites excluding steroid dienone is 1. The van der Waals surface area contributed by atoms with Gasteiger partial charge in [-0.2, -0.15) is 0 Å². The van der Waals surface area contributed by atoms with Crippen molar-refractivity contribution in [1.82, 2.24) is 0 Å². The number of carboxylic acids is 1. The zero-order chi connectivity index (χ0) is 11.4. The number of hydrogen-bond acceptors (Lipinski definition) is 2. The number of halogens is 1. The summed E-state index contributed by atoms with van der Waals surface area (Å²) in [6.07, 6.45) is 0.825. The molecule has 78 valence electrons. The highest BCUT2D eigenvalue weighted by Gasteiger charge is 2.09. The lowest BCUT2D eigenvalue weighted by Crippen LogP contribution is -2.03. The molecule has 0 unspecified atom stereocenters. The number of carboxylic acid groups (broad SMARTS) is 1. The number of aliphatic carboxylic acids is 1. The van der Waals surface area contributed by atoms with E-state index in [-0.39, 0.29) is 11.1 Å². The molecule has 0 aromatic heterocycles. The van der Waals surface area contributed by atoms with E-state index < -0.39 is 17.6 Å². The summed E-state index contributed by atoms with van der Waals surface area (Å²) in [6, 6.07) is 4.94. The van der Waals surface area contributed by atoms with E-state index in [2.05, 4.69) is 0 Å². The minimum absolute atomic E-state index is 0.106. The topological polar surface area (TPSA) is 54.4 Å². The van der Waals surface area contributed by atoms with Crippen molar-refractivity contribution >= 4 is 11.8 Å². The molecule has 0 amide bonds. The van der Waals surface area contributed by atoms with Crippen molar-refractivity contribution in [2.45, 2.75) is 6.92 Å². The van der Waals surface area contributed by atoms with Crippen LogP contribution in [0.2, 0.25) is 0 Å². The molecule has 0 radical (unpaired) electrons. The fourth-order valence-electron chi connectivity index (χ4n) is 1.08. The SMILES string of the molecule is CC(=CC(=O)O)C(=O)c1ccc(F)cc1. The van der Waals surface area contributed by atoms with Gasteiger partial charge in [0, 0.05) is 17.2 Å². The minimum atomic E-state index is -1.18. The minimum Gasteiger partial charge on any atom is -0.478 e. The van der Waals surface area contributed by atoms with Crippen molar-refractivity contribution in [2.75, 3.05) is 0 Å². The fraction of sp³-hybridized carbons (Fsp3) is 0.0909. The first-order chi connectivity index (χ1) is 7.00. The van der Waals surface area contributed by atoms with Crippen molar-refractivity contribution in [1.29, 1.82) is 0 Å². The Hall–Kier alpha value is -1.97. The van der Waals surface area contributed by atoms with Crippen LogP contribution in [-0.2, 0) is 4.79 Å². The Morgan fingerprint density at radius 1 is 1.27 bits per heavy atom. The summed E-state index contributed by atoms with van der Waals surface area (Å²) in [5, 5.41) is 8.44. The Labute approximate surface area is 85.8 Å². The van der Waals surface area contributed by atoms with E-state index in [4.69, 9.17) is 5.11 Å². The molecule has 0 heterocycles. The Balaban J connectivity index is 2.95. The van der Waals surface area contributed by atoms with Crippen LogP contribution in [0.4, 0.5) is 4.39 Å². The van der Waals surface area contributed by atoms with E-state index >= 15 is 0 Å². The third-order valence-electron chi connectivity index (χ3n) is 1.80. The van der Waals surface area contributed by atoms with Crippen LogP contribution in [-0.4, -0.2) is 16.9 Å². The number of rotatable bonds is 3. The average Bonchev–Trinajstić information content (AvgIpc) is 2.17. The average molecular weight is 208 g/mol. The van der Waals surface area contributed by atoms with E-state index in [1.165, 1.54) is 19.1 Å². The molecule has 1 rings (SSSR count). The van der Waals surface area contributed by atoms with Crippen LogP contribution in [0.15, 0.2) is 35.9 Å². The number of Topliss-reactive ketones (excluding diaryl/α,β-unsaturated/α-hetero) is 1. The lowest BCUT2D eigenvalue weighted by atomic mass is 10.0. The number of carbonyl (C=O) groups excluding carboxylic acids is 1. The molecule has 0 bridgehead atoms. The van der Waals surface area contributed by atoms with Crippen molar-refractivity contribution in [2.24, 2.45) is 0 Å². The van der Waals surface area contributed by atoms with Gasteiger partial charge in [0.1, 0.15) is 5.82 Å². The molecule has 0 fully saturated rings. The molecule has 0 aliphatic heterocycles. The standard InChI is InChI=1S/C11H9FO3/c1-7(6-10(13)14)11(15)8-2-4-9(12)5-3-8/h2-6H,1H3,(H,13,14). The predicted octanol–water partition coefficient (Wildman–Crippen LogP) is 2.04. The third-order valence-corrected chi connectivity index (χ3v) is 1.80. The number of carbonyl (C=O) groups is 2. The van der Waals surface area contributed by atoms with Gasteiger partial charge in [-0.3, -0.25) is 4.79 Å². The maximum absolute atomic E-state index is 12.5. The van der Waals surface area contributed by atoms with Crippen LogP contribution < -0.4 is 0 Å². The van der Waals surface area contributed by atoms with Gasteiger partial charge in [-0.15, -0.1) is 0 Å². The summed E-state index contributed by atoms with van der Waals surface area (Å²) < 4.78 is 12.5.